The number of aromatic nitrogens is 2. The first kappa shape index (κ1) is 9.42. The van der Waals surface area contributed by atoms with E-state index in [2.05, 4.69) is 9.97 Å². The molecule has 0 aliphatic rings. The van der Waals surface area contributed by atoms with Gasteiger partial charge in [-0.1, -0.05) is 0 Å². The van der Waals surface area contributed by atoms with E-state index in [4.69, 9.17) is 11.0 Å². The summed E-state index contributed by atoms with van der Waals surface area (Å²) in [6, 6.07) is 1.91. The van der Waals surface area contributed by atoms with E-state index in [1.54, 1.807) is 0 Å². The quantitative estimate of drug-likeness (QED) is 0.687. The third-order valence-electron chi connectivity index (χ3n) is 1.45. The summed E-state index contributed by atoms with van der Waals surface area (Å²) in [5.41, 5.74) is 5.84. The maximum Gasteiger partial charge on any atom is 0.145 e. The fraction of sp³-hybridized carbons (Fsp3) is 0.375. The van der Waals surface area contributed by atoms with Gasteiger partial charge in [-0.3, -0.25) is 0 Å². The predicted molar refractivity (Wildman–Crippen MR) is 48.6 cm³/mol. The van der Waals surface area contributed by atoms with Gasteiger partial charge in [0, 0.05) is 0 Å². The lowest BCUT2D eigenvalue weighted by molar-refractivity contribution is 0.390. The molecule has 0 aliphatic carbocycles. The Labute approximate surface area is 76.8 Å². The number of nitrogens with zero attached hydrogens (tertiary/aromatic N) is 4. The van der Waals surface area contributed by atoms with Crippen LogP contribution >= 0.6 is 0 Å². The Kier molecular flexibility index (Phi) is 2.77. The molecule has 1 rings (SSSR count). The molecule has 0 amide bonds. The maximum atomic E-state index is 8.57. The van der Waals surface area contributed by atoms with Gasteiger partial charge in [0.25, 0.3) is 0 Å². The maximum absolute atomic E-state index is 8.57. The highest BCUT2D eigenvalue weighted by Gasteiger charge is 2.03. The number of anilines is 1. The summed E-state index contributed by atoms with van der Waals surface area (Å²) in [5, 5.41) is 8.57. The minimum absolute atomic E-state index is 0.245. The molecule has 1 heterocycles. The summed E-state index contributed by atoms with van der Waals surface area (Å²) in [5.74, 6) is 0.871. The number of hydrogen-bond acceptors (Lipinski definition) is 5. The molecule has 68 valence electrons. The monoisotopic (exact) mass is 177 g/mol. The molecular weight excluding hydrogens is 166 g/mol. The van der Waals surface area contributed by atoms with E-state index in [1.807, 2.05) is 25.1 Å². The number of rotatable bonds is 2. The molecule has 0 bridgehead atoms. The minimum Gasteiger partial charge on any atom is -0.382 e. The first-order chi connectivity index (χ1) is 6.13. The number of nitrogens with two attached hydrogens (primary N) is 1. The Balaban J connectivity index is 2.91. The van der Waals surface area contributed by atoms with Crippen LogP contribution in [0, 0.1) is 11.3 Å². The van der Waals surface area contributed by atoms with E-state index in [-0.39, 0.29) is 5.82 Å². The molecule has 0 radical (unpaired) electrons. The summed E-state index contributed by atoms with van der Waals surface area (Å²) in [6.07, 6.45) is 1.45. The highest BCUT2D eigenvalue weighted by molar-refractivity contribution is 5.46. The molecule has 0 aliphatic heterocycles. The van der Waals surface area contributed by atoms with E-state index in [0.29, 0.717) is 17.9 Å². The zero-order valence-corrected chi connectivity index (χ0v) is 7.65. The SMILES string of the molecule is CN(C)Cc1ncc(C#N)c(N)n1. The third-order valence-corrected chi connectivity index (χ3v) is 1.45. The Morgan fingerprint density at radius 1 is 1.62 bits per heavy atom. The molecular formula is C8H11N5. The molecule has 2 N–H and O–H groups in total. The van der Waals surface area contributed by atoms with Gasteiger partial charge in [-0.25, -0.2) is 9.97 Å². The normalized spacial score (nSPS) is 10.0. The van der Waals surface area contributed by atoms with Crippen molar-refractivity contribution < 1.29 is 0 Å². The molecule has 1 aromatic heterocycles. The van der Waals surface area contributed by atoms with Crippen molar-refractivity contribution in [2.24, 2.45) is 0 Å². The molecule has 0 unspecified atom stereocenters. The molecule has 0 saturated heterocycles. The Bertz CT molecular complexity index is 339. The summed E-state index contributed by atoms with van der Waals surface area (Å²) < 4.78 is 0. The van der Waals surface area contributed by atoms with Crippen molar-refractivity contribution >= 4 is 5.82 Å². The highest BCUT2D eigenvalue weighted by Crippen LogP contribution is 2.05. The van der Waals surface area contributed by atoms with E-state index < -0.39 is 0 Å². The van der Waals surface area contributed by atoms with E-state index >= 15 is 0 Å². The largest absolute Gasteiger partial charge is 0.382 e. The van der Waals surface area contributed by atoms with Crippen molar-refractivity contribution in [1.29, 1.82) is 5.26 Å². The van der Waals surface area contributed by atoms with Crippen LogP contribution in [0.15, 0.2) is 6.20 Å². The average molecular weight is 177 g/mol. The van der Waals surface area contributed by atoms with E-state index in [0.717, 1.165) is 0 Å². The van der Waals surface area contributed by atoms with Crippen LogP contribution in [0.5, 0.6) is 0 Å². The van der Waals surface area contributed by atoms with Crippen LogP contribution < -0.4 is 5.73 Å². The van der Waals surface area contributed by atoms with Gasteiger partial charge in [0.2, 0.25) is 0 Å². The second-order valence-corrected chi connectivity index (χ2v) is 2.93. The lowest BCUT2D eigenvalue weighted by Crippen LogP contribution is -2.14. The van der Waals surface area contributed by atoms with Gasteiger partial charge in [0.1, 0.15) is 23.3 Å². The fourth-order valence-corrected chi connectivity index (χ4v) is 0.878. The van der Waals surface area contributed by atoms with Gasteiger partial charge < -0.3 is 10.6 Å². The minimum atomic E-state index is 0.245. The molecule has 0 saturated carbocycles. The topological polar surface area (TPSA) is 78.8 Å². The van der Waals surface area contributed by atoms with Gasteiger partial charge in [0.05, 0.1) is 12.7 Å². The van der Waals surface area contributed by atoms with Crippen LogP contribution in [-0.4, -0.2) is 29.0 Å². The van der Waals surface area contributed by atoms with Crippen LogP contribution in [0.1, 0.15) is 11.4 Å². The second kappa shape index (κ2) is 3.83. The van der Waals surface area contributed by atoms with Crippen LogP contribution in [0.25, 0.3) is 0 Å². The van der Waals surface area contributed by atoms with E-state index in [9.17, 15) is 0 Å². The third kappa shape index (κ3) is 2.39. The van der Waals surface area contributed by atoms with Crippen LogP contribution in [0.3, 0.4) is 0 Å². The summed E-state index contributed by atoms with van der Waals surface area (Å²) >= 11 is 0. The standard InChI is InChI=1S/C8H11N5/c1-13(2)5-7-11-4-6(3-9)8(10)12-7/h4H,5H2,1-2H3,(H2,10,11,12). The van der Waals surface area contributed by atoms with Crippen molar-refractivity contribution in [1.82, 2.24) is 14.9 Å². The molecule has 0 fully saturated rings. The van der Waals surface area contributed by atoms with Crippen molar-refractivity contribution in [2.45, 2.75) is 6.54 Å². The zero-order valence-electron chi connectivity index (χ0n) is 7.65. The van der Waals surface area contributed by atoms with Crippen LogP contribution in [0.4, 0.5) is 5.82 Å². The van der Waals surface area contributed by atoms with Gasteiger partial charge in [-0.15, -0.1) is 0 Å². The van der Waals surface area contributed by atoms with Crippen LogP contribution in [0.2, 0.25) is 0 Å². The zero-order chi connectivity index (χ0) is 9.84. The van der Waals surface area contributed by atoms with Gasteiger partial charge >= 0.3 is 0 Å². The van der Waals surface area contributed by atoms with Gasteiger partial charge in [0.15, 0.2) is 0 Å². The molecule has 1 aromatic rings. The summed E-state index contributed by atoms with van der Waals surface area (Å²) in [6.45, 7) is 0.621. The van der Waals surface area contributed by atoms with Gasteiger partial charge in [-0.2, -0.15) is 5.26 Å². The number of hydrogen-bond donors (Lipinski definition) is 1. The smallest absolute Gasteiger partial charge is 0.145 e. The fourth-order valence-electron chi connectivity index (χ4n) is 0.878. The van der Waals surface area contributed by atoms with E-state index in [1.165, 1.54) is 6.20 Å². The molecule has 0 spiro atoms. The van der Waals surface area contributed by atoms with Crippen LogP contribution in [-0.2, 0) is 6.54 Å². The first-order valence-corrected chi connectivity index (χ1v) is 3.79. The summed E-state index contributed by atoms with van der Waals surface area (Å²) in [4.78, 5) is 9.91. The lowest BCUT2D eigenvalue weighted by Gasteiger charge is -2.07. The Morgan fingerprint density at radius 2 is 2.31 bits per heavy atom. The van der Waals surface area contributed by atoms with Crippen molar-refractivity contribution in [3.63, 3.8) is 0 Å². The molecule has 5 heteroatoms. The number of nitriles is 1. The van der Waals surface area contributed by atoms with Crippen molar-refractivity contribution in [3.8, 4) is 6.07 Å². The first-order valence-electron chi connectivity index (χ1n) is 3.79. The highest BCUT2D eigenvalue weighted by atomic mass is 15.1. The van der Waals surface area contributed by atoms with Gasteiger partial charge in [-0.05, 0) is 14.1 Å². The Morgan fingerprint density at radius 3 is 2.77 bits per heavy atom. The Hall–Kier alpha value is -1.67. The molecule has 13 heavy (non-hydrogen) atoms. The van der Waals surface area contributed by atoms with Crippen molar-refractivity contribution in [2.75, 3.05) is 19.8 Å². The molecule has 0 atom stereocenters. The predicted octanol–water partition coefficient (Wildman–Crippen LogP) is -0.00792. The second-order valence-electron chi connectivity index (χ2n) is 2.93. The molecule has 0 aromatic carbocycles. The summed E-state index contributed by atoms with van der Waals surface area (Å²) in [7, 11) is 3.83. The number of nitrogen functional groups attached to an aromatic ring is 1. The average Bonchev–Trinajstić information content (AvgIpc) is 2.03. The lowest BCUT2D eigenvalue weighted by atomic mass is 10.3. The molecule has 5 nitrogen and oxygen atoms in total. The van der Waals surface area contributed by atoms with Crippen molar-refractivity contribution in [3.05, 3.63) is 17.6 Å².